The molecule has 0 saturated heterocycles. The zero-order chi connectivity index (χ0) is 13.0. The summed E-state index contributed by atoms with van der Waals surface area (Å²) in [5, 5.41) is 25.0. The van der Waals surface area contributed by atoms with Crippen LogP contribution in [0.4, 0.5) is 0 Å². The highest BCUT2D eigenvalue weighted by Crippen LogP contribution is 2.10. The van der Waals surface area contributed by atoms with Crippen molar-refractivity contribution in [3.05, 3.63) is 47.8 Å². The monoisotopic (exact) mass is 245 g/mol. The topological polar surface area (TPSA) is 88.2 Å². The van der Waals surface area contributed by atoms with Crippen molar-refractivity contribution >= 4 is 12.0 Å². The lowest BCUT2D eigenvalue weighted by Gasteiger charge is -2.00. The van der Waals surface area contributed by atoms with Crippen molar-refractivity contribution < 1.29 is 15.0 Å². The van der Waals surface area contributed by atoms with Crippen LogP contribution in [-0.4, -0.2) is 31.2 Å². The Morgan fingerprint density at radius 2 is 2.06 bits per heavy atom. The van der Waals surface area contributed by atoms with Crippen LogP contribution in [0.5, 0.6) is 0 Å². The number of carboxylic acid groups (broad SMARTS) is 1. The van der Waals surface area contributed by atoms with Gasteiger partial charge in [-0.3, -0.25) is 0 Å². The van der Waals surface area contributed by atoms with E-state index in [-0.39, 0.29) is 6.61 Å². The summed E-state index contributed by atoms with van der Waals surface area (Å²) >= 11 is 0. The van der Waals surface area contributed by atoms with Crippen LogP contribution in [0, 0.1) is 0 Å². The van der Waals surface area contributed by atoms with Gasteiger partial charge in [0.15, 0.2) is 0 Å². The summed E-state index contributed by atoms with van der Waals surface area (Å²) in [5.41, 5.74) is 2.06. The van der Waals surface area contributed by atoms with Gasteiger partial charge in [0.1, 0.15) is 5.69 Å². The van der Waals surface area contributed by atoms with Crippen molar-refractivity contribution in [2.75, 3.05) is 0 Å². The number of hydrogen-bond acceptors (Lipinski definition) is 4. The second-order valence-electron chi connectivity index (χ2n) is 3.58. The van der Waals surface area contributed by atoms with Crippen LogP contribution in [0.1, 0.15) is 11.3 Å². The molecule has 6 heteroatoms. The Labute approximate surface area is 103 Å². The number of carboxylic acids is 1. The number of aliphatic hydroxyl groups is 1. The molecule has 0 atom stereocenters. The quantitative estimate of drug-likeness (QED) is 0.780. The highest BCUT2D eigenvalue weighted by atomic mass is 16.4. The molecule has 0 fully saturated rings. The molecule has 1 heterocycles. The van der Waals surface area contributed by atoms with Gasteiger partial charge in [0.25, 0.3) is 0 Å². The molecule has 0 bridgehead atoms. The van der Waals surface area contributed by atoms with E-state index in [2.05, 4.69) is 10.3 Å². The van der Waals surface area contributed by atoms with Crippen LogP contribution in [0.15, 0.2) is 36.5 Å². The summed E-state index contributed by atoms with van der Waals surface area (Å²) in [6.07, 6.45) is 4.21. The highest BCUT2D eigenvalue weighted by molar-refractivity contribution is 5.85. The van der Waals surface area contributed by atoms with E-state index in [0.29, 0.717) is 5.69 Å². The summed E-state index contributed by atoms with van der Waals surface area (Å²) < 4.78 is 1.54. The number of nitrogens with zero attached hydrogens (tertiary/aromatic N) is 3. The maximum Gasteiger partial charge on any atom is 0.328 e. The van der Waals surface area contributed by atoms with Gasteiger partial charge < -0.3 is 10.2 Å². The molecule has 0 aliphatic heterocycles. The van der Waals surface area contributed by atoms with Crippen LogP contribution >= 0.6 is 0 Å². The summed E-state index contributed by atoms with van der Waals surface area (Å²) in [7, 11) is 0. The van der Waals surface area contributed by atoms with Gasteiger partial charge in [0.05, 0.1) is 18.5 Å². The molecule has 1 aromatic heterocycles. The molecular formula is C12H11N3O3. The van der Waals surface area contributed by atoms with Crippen molar-refractivity contribution in [2.45, 2.75) is 6.61 Å². The van der Waals surface area contributed by atoms with E-state index >= 15 is 0 Å². The molecule has 2 N–H and O–H groups in total. The minimum atomic E-state index is -0.983. The number of hydrogen-bond donors (Lipinski definition) is 2. The zero-order valence-electron chi connectivity index (χ0n) is 9.39. The van der Waals surface area contributed by atoms with Crippen LogP contribution in [-0.2, 0) is 11.4 Å². The van der Waals surface area contributed by atoms with Crippen LogP contribution in [0.2, 0.25) is 0 Å². The first-order valence-corrected chi connectivity index (χ1v) is 5.22. The van der Waals surface area contributed by atoms with Crippen LogP contribution in [0.25, 0.3) is 11.8 Å². The van der Waals surface area contributed by atoms with E-state index in [0.717, 1.165) is 17.3 Å². The molecule has 92 valence electrons. The normalized spacial score (nSPS) is 10.9. The largest absolute Gasteiger partial charge is 0.478 e. The molecule has 0 spiro atoms. The fourth-order valence-corrected chi connectivity index (χ4v) is 1.40. The minimum absolute atomic E-state index is 0.153. The number of carbonyl (C=O) groups is 1. The van der Waals surface area contributed by atoms with Crippen molar-refractivity contribution in [3.63, 3.8) is 0 Å². The van der Waals surface area contributed by atoms with E-state index in [9.17, 15) is 4.79 Å². The van der Waals surface area contributed by atoms with Gasteiger partial charge >= 0.3 is 5.97 Å². The van der Waals surface area contributed by atoms with E-state index in [1.165, 1.54) is 10.8 Å². The van der Waals surface area contributed by atoms with Gasteiger partial charge in [0, 0.05) is 6.08 Å². The molecule has 6 nitrogen and oxygen atoms in total. The Morgan fingerprint density at radius 1 is 1.33 bits per heavy atom. The fraction of sp³-hybridized carbons (Fsp3) is 0.0833. The summed E-state index contributed by atoms with van der Waals surface area (Å²) in [6.45, 7) is -0.153. The van der Waals surface area contributed by atoms with Crippen molar-refractivity contribution in [1.82, 2.24) is 15.0 Å². The van der Waals surface area contributed by atoms with Gasteiger partial charge in [-0.25, -0.2) is 9.48 Å². The standard InChI is InChI=1S/C12H11N3O3/c16-8-10-7-15(14-13-10)11-4-1-9(2-5-11)3-6-12(17)18/h1-7,16H,8H2,(H,17,18)/b6-3+. The molecule has 1 aromatic carbocycles. The minimum Gasteiger partial charge on any atom is -0.478 e. The third-order valence-electron chi connectivity index (χ3n) is 2.28. The molecule has 0 saturated carbocycles. The van der Waals surface area contributed by atoms with Crippen LogP contribution in [0.3, 0.4) is 0 Å². The van der Waals surface area contributed by atoms with E-state index in [4.69, 9.17) is 10.2 Å². The average Bonchev–Trinajstić information content (AvgIpc) is 2.85. The molecule has 0 aliphatic carbocycles. The molecule has 0 radical (unpaired) electrons. The lowest BCUT2D eigenvalue weighted by Crippen LogP contribution is -1.94. The predicted molar refractivity (Wildman–Crippen MR) is 64.0 cm³/mol. The second-order valence-corrected chi connectivity index (χ2v) is 3.58. The zero-order valence-corrected chi connectivity index (χ0v) is 9.39. The van der Waals surface area contributed by atoms with Gasteiger partial charge in [-0.15, -0.1) is 5.10 Å². The Hall–Kier alpha value is -2.47. The Balaban J connectivity index is 2.19. The first kappa shape index (κ1) is 12.0. The first-order chi connectivity index (χ1) is 8.69. The molecule has 18 heavy (non-hydrogen) atoms. The number of rotatable bonds is 4. The molecular weight excluding hydrogens is 234 g/mol. The summed E-state index contributed by atoms with van der Waals surface area (Å²) in [6, 6.07) is 7.12. The highest BCUT2D eigenvalue weighted by Gasteiger charge is 2.01. The van der Waals surface area contributed by atoms with Gasteiger partial charge in [-0.1, -0.05) is 17.3 Å². The van der Waals surface area contributed by atoms with E-state index < -0.39 is 5.97 Å². The Kier molecular flexibility index (Phi) is 3.49. The Bertz CT molecular complexity index is 573. The smallest absolute Gasteiger partial charge is 0.328 e. The lowest BCUT2D eigenvalue weighted by atomic mass is 10.2. The van der Waals surface area contributed by atoms with Gasteiger partial charge in [-0.2, -0.15) is 0 Å². The summed E-state index contributed by atoms with van der Waals surface area (Å²) in [5.74, 6) is -0.983. The molecule has 0 amide bonds. The number of aliphatic carboxylic acids is 1. The third-order valence-corrected chi connectivity index (χ3v) is 2.28. The van der Waals surface area contributed by atoms with Crippen LogP contribution < -0.4 is 0 Å². The van der Waals surface area contributed by atoms with Crippen molar-refractivity contribution in [3.8, 4) is 5.69 Å². The van der Waals surface area contributed by atoms with E-state index in [1.807, 2.05) is 0 Å². The van der Waals surface area contributed by atoms with Crippen molar-refractivity contribution in [2.24, 2.45) is 0 Å². The van der Waals surface area contributed by atoms with Gasteiger partial charge in [-0.05, 0) is 23.8 Å². The lowest BCUT2D eigenvalue weighted by molar-refractivity contribution is -0.131. The average molecular weight is 245 g/mol. The van der Waals surface area contributed by atoms with Gasteiger partial charge in [0.2, 0.25) is 0 Å². The maximum absolute atomic E-state index is 10.4. The third kappa shape index (κ3) is 2.80. The number of aromatic nitrogens is 3. The SMILES string of the molecule is O=C(O)/C=C/c1ccc(-n2cc(CO)nn2)cc1. The molecule has 2 rings (SSSR count). The predicted octanol–water partition coefficient (Wildman–Crippen LogP) is 0.857. The number of benzene rings is 1. The molecule has 2 aromatic rings. The second kappa shape index (κ2) is 5.24. The maximum atomic E-state index is 10.4. The fourth-order valence-electron chi connectivity index (χ4n) is 1.40. The molecule has 0 unspecified atom stereocenters. The first-order valence-electron chi connectivity index (χ1n) is 5.22. The van der Waals surface area contributed by atoms with E-state index in [1.54, 1.807) is 30.5 Å². The summed E-state index contributed by atoms with van der Waals surface area (Å²) in [4.78, 5) is 10.4. The number of aliphatic hydroxyl groups excluding tert-OH is 1. The Morgan fingerprint density at radius 3 is 2.61 bits per heavy atom. The molecule has 0 aliphatic rings. The van der Waals surface area contributed by atoms with Crippen molar-refractivity contribution in [1.29, 1.82) is 0 Å².